The highest BCUT2D eigenvalue weighted by molar-refractivity contribution is 6.02. The molecule has 0 aromatic rings. The van der Waals surface area contributed by atoms with Gasteiger partial charge in [-0.25, -0.2) is 0 Å². The van der Waals surface area contributed by atoms with Gasteiger partial charge in [0.15, 0.2) is 0 Å². The van der Waals surface area contributed by atoms with Gasteiger partial charge in [-0.3, -0.25) is 5.41 Å². The summed E-state index contributed by atoms with van der Waals surface area (Å²) in [5.41, 5.74) is -0.352. The van der Waals surface area contributed by atoms with Crippen LogP contribution >= 0.6 is 0 Å². The third kappa shape index (κ3) is 1.75. The van der Waals surface area contributed by atoms with Crippen LogP contribution in [0.25, 0.3) is 0 Å². The average molecular weight is 218 g/mol. The zero-order valence-corrected chi connectivity index (χ0v) is 8.41. The minimum Gasteiger partial charge on any atom is -0.391 e. The number of allylic oxidation sites excluding steroid dienone is 2. The first-order valence-electron chi connectivity index (χ1n) is 5.02. The molecule has 0 aromatic carbocycles. The number of nitrogens with one attached hydrogen (secondary N) is 2. The topological polar surface area (TPSA) is 35.9 Å². The van der Waals surface area contributed by atoms with E-state index < -0.39 is 11.9 Å². The minimum absolute atomic E-state index is 0.170. The first kappa shape index (κ1) is 10.5. The summed E-state index contributed by atoms with van der Waals surface area (Å²) in [7, 11) is 1.64. The fourth-order valence-corrected chi connectivity index (χ4v) is 2.38. The third-order valence-electron chi connectivity index (χ3n) is 3.24. The van der Waals surface area contributed by atoms with Crippen LogP contribution in [0.15, 0.2) is 11.3 Å². The highest BCUT2D eigenvalue weighted by Gasteiger charge is 2.47. The Labute approximate surface area is 86.1 Å². The van der Waals surface area contributed by atoms with Crippen molar-refractivity contribution in [3.8, 4) is 0 Å². The fourth-order valence-electron chi connectivity index (χ4n) is 2.38. The van der Waals surface area contributed by atoms with Crippen LogP contribution in [0.3, 0.4) is 0 Å². The van der Waals surface area contributed by atoms with E-state index in [4.69, 9.17) is 5.41 Å². The Balaban J connectivity index is 2.29. The van der Waals surface area contributed by atoms with Crippen molar-refractivity contribution < 1.29 is 13.2 Å². The molecular formula is C10H13F3N2. The number of alkyl halides is 3. The van der Waals surface area contributed by atoms with Crippen molar-refractivity contribution in [1.29, 1.82) is 5.41 Å². The van der Waals surface area contributed by atoms with Crippen molar-refractivity contribution >= 4 is 5.71 Å². The van der Waals surface area contributed by atoms with Crippen LogP contribution in [-0.4, -0.2) is 18.9 Å². The number of hydrogen-bond acceptors (Lipinski definition) is 2. The van der Waals surface area contributed by atoms with E-state index in [0.717, 1.165) is 12.8 Å². The second-order valence-electron chi connectivity index (χ2n) is 4.16. The molecular weight excluding hydrogens is 205 g/mol. The molecule has 2 N–H and O–H groups in total. The molecule has 2 aliphatic rings. The van der Waals surface area contributed by atoms with Gasteiger partial charge in [0, 0.05) is 24.2 Å². The Morgan fingerprint density at radius 1 is 1.47 bits per heavy atom. The van der Waals surface area contributed by atoms with Gasteiger partial charge < -0.3 is 5.32 Å². The highest BCUT2D eigenvalue weighted by Crippen LogP contribution is 2.52. The Kier molecular flexibility index (Phi) is 2.28. The van der Waals surface area contributed by atoms with Gasteiger partial charge >= 0.3 is 6.18 Å². The van der Waals surface area contributed by atoms with Crippen LogP contribution in [0.5, 0.6) is 0 Å². The zero-order chi connectivity index (χ0) is 11.2. The van der Waals surface area contributed by atoms with Crippen molar-refractivity contribution in [3.63, 3.8) is 0 Å². The second-order valence-corrected chi connectivity index (χ2v) is 4.16. The molecule has 2 aliphatic carbocycles. The lowest BCUT2D eigenvalue weighted by atomic mass is 9.92. The van der Waals surface area contributed by atoms with E-state index in [2.05, 4.69) is 5.32 Å². The molecule has 0 radical (unpaired) electrons. The second kappa shape index (κ2) is 3.25. The molecule has 1 saturated carbocycles. The highest BCUT2D eigenvalue weighted by atomic mass is 19.4. The maximum Gasteiger partial charge on any atom is 0.432 e. The quantitative estimate of drug-likeness (QED) is 0.686. The van der Waals surface area contributed by atoms with E-state index in [1.54, 1.807) is 7.05 Å². The Bertz CT molecular complexity index is 330. The van der Waals surface area contributed by atoms with Crippen LogP contribution in [0.4, 0.5) is 13.2 Å². The first-order chi connectivity index (χ1) is 6.95. The maximum atomic E-state index is 12.4. The molecule has 2 unspecified atom stereocenters. The molecule has 2 rings (SSSR count). The summed E-state index contributed by atoms with van der Waals surface area (Å²) >= 11 is 0. The minimum atomic E-state index is -4.51. The Morgan fingerprint density at radius 2 is 2.13 bits per heavy atom. The number of rotatable bonds is 2. The monoisotopic (exact) mass is 218 g/mol. The van der Waals surface area contributed by atoms with Crippen LogP contribution in [-0.2, 0) is 0 Å². The smallest absolute Gasteiger partial charge is 0.391 e. The van der Waals surface area contributed by atoms with Gasteiger partial charge in [-0.1, -0.05) is 0 Å². The predicted octanol–water partition coefficient (Wildman–Crippen LogP) is 2.47. The van der Waals surface area contributed by atoms with Gasteiger partial charge in [0.2, 0.25) is 0 Å². The van der Waals surface area contributed by atoms with E-state index in [0.29, 0.717) is 18.0 Å². The summed E-state index contributed by atoms with van der Waals surface area (Å²) < 4.78 is 37.2. The molecule has 84 valence electrons. The SMILES string of the molecule is CNC1=C(C(=N)C(F)(F)F)CCC2CC12. The van der Waals surface area contributed by atoms with Crippen LogP contribution in [0.1, 0.15) is 19.3 Å². The molecule has 0 saturated heterocycles. The summed E-state index contributed by atoms with van der Waals surface area (Å²) in [6, 6.07) is 0. The van der Waals surface area contributed by atoms with Gasteiger partial charge in [-0.15, -0.1) is 0 Å². The van der Waals surface area contributed by atoms with Crippen LogP contribution in [0.2, 0.25) is 0 Å². The predicted molar refractivity (Wildman–Crippen MR) is 50.7 cm³/mol. The average Bonchev–Trinajstić information content (AvgIpc) is 2.92. The lowest BCUT2D eigenvalue weighted by Gasteiger charge is -2.21. The van der Waals surface area contributed by atoms with E-state index >= 15 is 0 Å². The molecule has 1 fully saturated rings. The molecule has 2 atom stereocenters. The first-order valence-corrected chi connectivity index (χ1v) is 5.02. The summed E-state index contributed by atoms with van der Waals surface area (Å²) in [4.78, 5) is 0. The molecule has 15 heavy (non-hydrogen) atoms. The third-order valence-corrected chi connectivity index (χ3v) is 3.24. The molecule has 0 aromatic heterocycles. The maximum absolute atomic E-state index is 12.4. The Hall–Kier alpha value is -1.00. The fraction of sp³-hybridized carbons (Fsp3) is 0.700. The van der Waals surface area contributed by atoms with Crippen molar-refractivity contribution in [2.45, 2.75) is 25.4 Å². The van der Waals surface area contributed by atoms with Crippen molar-refractivity contribution in [2.75, 3.05) is 7.05 Å². The zero-order valence-electron chi connectivity index (χ0n) is 8.41. The Morgan fingerprint density at radius 3 is 2.67 bits per heavy atom. The number of hydrogen-bond donors (Lipinski definition) is 2. The molecule has 0 heterocycles. The molecule has 2 nitrogen and oxygen atoms in total. The van der Waals surface area contributed by atoms with Crippen molar-refractivity contribution in [2.24, 2.45) is 11.8 Å². The lowest BCUT2D eigenvalue weighted by molar-refractivity contribution is -0.0592. The molecule has 0 spiro atoms. The lowest BCUT2D eigenvalue weighted by Crippen LogP contribution is -2.29. The van der Waals surface area contributed by atoms with E-state index in [9.17, 15) is 13.2 Å². The van der Waals surface area contributed by atoms with Gasteiger partial charge in [0.25, 0.3) is 0 Å². The van der Waals surface area contributed by atoms with Crippen molar-refractivity contribution in [1.82, 2.24) is 5.32 Å². The normalized spacial score (nSPS) is 29.9. The molecule has 0 aliphatic heterocycles. The van der Waals surface area contributed by atoms with Gasteiger partial charge in [0.05, 0.1) is 0 Å². The van der Waals surface area contributed by atoms with Gasteiger partial charge in [-0.2, -0.15) is 13.2 Å². The van der Waals surface area contributed by atoms with E-state index in [1.165, 1.54) is 0 Å². The number of fused-ring (bicyclic) bond motifs is 1. The summed E-state index contributed by atoms with van der Waals surface area (Å²) in [6.07, 6.45) is -2.36. The summed E-state index contributed by atoms with van der Waals surface area (Å²) in [6.45, 7) is 0. The molecule has 5 heteroatoms. The van der Waals surface area contributed by atoms with Crippen LogP contribution in [0, 0.1) is 17.2 Å². The summed E-state index contributed by atoms with van der Waals surface area (Å²) in [5.74, 6) is 0.804. The van der Waals surface area contributed by atoms with Crippen molar-refractivity contribution in [3.05, 3.63) is 11.3 Å². The largest absolute Gasteiger partial charge is 0.432 e. The van der Waals surface area contributed by atoms with Gasteiger partial charge in [0.1, 0.15) is 5.71 Å². The van der Waals surface area contributed by atoms with Crippen LogP contribution < -0.4 is 5.32 Å². The van der Waals surface area contributed by atoms with E-state index in [1.807, 2.05) is 0 Å². The van der Waals surface area contributed by atoms with E-state index in [-0.39, 0.29) is 11.5 Å². The standard InChI is InChI=1S/C10H13F3N2/c1-15-8-6(9(14)10(11,12)13)3-2-5-4-7(5)8/h5,7,14-15H,2-4H2,1H3. The molecule has 0 amide bonds. The molecule has 0 bridgehead atoms. The number of halogens is 3. The summed E-state index contributed by atoms with van der Waals surface area (Å²) in [5, 5.41) is 9.99. The van der Waals surface area contributed by atoms with Gasteiger partial charge in [-0.05, 0) is 25.2 Å².